The van der Waals surface area contributed by atoms with Crippen molar-refractivity contribution < 1.29 is 24.2 Å². The molecule has 3 aliphatic heterocycles. The summed E-state index contributed by atoms with van der Waals surface area (Å²) < 4.78 is 16.2. The fraction of sp³-hybridized carbons (Fsp3) is 0.500. The standard InChI is InChI=1S/C14H15NO5/c1-17-8-4-2-7(3-5-8)11-10-9-6-18-14(19-9)12(16)13(10)20-15-11/h2-5,9-10,12-14,16H,6H2,1H3/t9-,10+,12+,13-,14-/m1/s1. The number of ether oxygens (including phenoxy) is 3. The van der Waals surface area contributed by atoms with Crippen LogP contribution in [0.5, 0.6) is 5.75 Å². The quantitative estimate of drug-likeness (QED) is 0.854. The first-order valence-corrected chi connectivity index (χ1v) is 6.61. The van der Waals surface area contributed by atoms with E-state index in [0.717, 1.165) is 17.0 Å². The average molecular weight is 277 g/mol. The smallest absolute Gasteiger partial charge is 0.187 e. The summed E-state index contributed by atoms with van der Waals surface area (Å²) in [4.78, 5) is 5.42. The molecule has 4 rings (SSSR count). The van der Waals surface area contributed by atoms with Gasteiger partial charge in [0, 0.05) is 5.56 Å². The van der Waals surface area contributed by atoms with Crippen molar-refractivity contribution in [3.05, 3.63) is 29.8 Å². The first-order valence-electron chi connectivity index (χ1n) is 6.61. The summed E-state index contributed by atoms with van der Waals surface area (Å²) in [6.07, 6.45) is -1.90. The van der Waals surface area contributed by atoms with E-state index in [4.69, 9.17) is 19.0 Å². The van der Waals surface area contributed by atoms with E-state index in [9.17, 15) is 5.11 Å². The Morgan fingerprint density at radius 2 is 2.10 bits per heavy atom. The maximum absolute atomic E-state index is 10.1. The molecule has 0 saturated carbocycles. The fourth-order valence-corrected chi connectivity index (χ4v) is 3.03. The van der Waals surface area contributed by atoms with Crippen molar-refractivity contribution in [2.75, 3.05) is 13.7 Å². The molecule has 2 saturated heterocycles. The Bertz CT molecular complexity index is 543. The lowest BCUT2D eigenvalue weighted by Gasteiger charge is -2.32. The Labute approximate surface area is 115 Å². The maximum atomic E-state index is 10.1. The van der Waals surface area contributed by atoms with Crippen LogP contribution in [0.4, 0.5) is 0 Å². The zero-order valence-electron chi connectivity index (χ0n) is 10.9. The summed E-state index contributed by atoms with van der Waals surface area (Å²) >= 11 is 0. The molecular weight excluding hydrogens is 262 g/mol. The van der Waals surface area contributed by atoms with Crippen LogP contribution in [-0.4, -0.2) is 49.1 Å². The molecule has 0 amide bonds. The number of aliphatic hydroxyl groups is 1. The topological polar surface area (TPSA) is 69.5 Å². The molecule has 3 heterocycles. The number of nitrogens with zero attached hydrogens (tertiary/aromatic N) is 1. The molecule has 2 fully saturated rings. The van der Waals surface area contributed by atoms with Gasteiger partial charge < -0.3 is 24.2 Å². The molecule has 6 heteroatoms. The van der Waals surface area contributed by atoms with Crippen molar-refractivity contribution in [3.63, 3.8) is 0 Å². The van der Waals surface area contributed by atoms with Crippen LogP contribution in [0.2, 0.25) is 0 Å². The van der Waals surface area contributed by atoms with Gasteiger partial charge in [-0.15, -0.1) is 0 Å². The van der Waals surface area contributed by atoms with E-state index in [1.54, 1.807) is 7.11 Å². The predicted octanol–water partition coefficient (Wildman–Crippen LogP) is 0.530. The van der Waals surface area contributed by atoms with Gasteiger partial charge in [-0.25, -0.2) is 0 Å². The number of fused-ring (bicyclic) bond motifs is 4. The summed E-state index contributed by atoms with van der Waals surface area (Å²) in [5.41, 5.74) is 1.74. The lowest BCUT2D eigenvalue weighted by atomic mass is 9.84. The van der Waals surface area contributed by atoms with Crippen LogP contribution < -0.4 is 4.74 Å². The van der Waals surface area contributed by atoms with Crippen molar-refractivity contribution in [3.8, 4) is 5.75 Å². The second-order valence-electron chi connectivity index (χ2n) is 5.17. The normalized spacial score (nSPS) is 38.1. The minimum atomic E-state index is -0.807. The number of hydrogen-bond donors (Lipinski definition) is 1. The highest BCUT2D eigenvalue weighted by atomic mass is 16.7. The fourth-order valence-electron chi connectivity index (χ4n) is 3.03. The molecule has 3 aliphatic rings. The van der Waals surface area contributed by atoms with E-state index in [-0.39, 0.29) is 12.0 Å². The van der Waals surface area contributed by atoms with E-state index in [1.165, 1.54) is 0 Å². The Balaban J connectivity index is 1.65. The molecule has 0 unspecified atom stereocenters. The van der Waals surface area contributed by atoms with Gasteiger partial charge >= 0.3 is 0 Å². The van der Waals surface area contributed by atoms with E-state index in [1.807, 2.05) is 24.3 Å². The molecule has 0 spiro atoms. The monoisotopic (exact) mass is 277 g/mol. The molecule has 6 nitrogen and oxygen atoms in total. The minimum Gasteiger partial charge on any atom is -0.497 e. The van der Waals surface area contributed by atoms with Crippen LogP contribution in [0.25, 0.3) is 0 Å². The van der Waals surface area contributed by atoms with Crippen molar-refractivity contribution in [2.24, 2.45) is 11.1 Å². The van der Waals surface area contributed by atoms with Gasteiger partial charge in [0.1, 0.15) is 11.9 Å². The minimum absolute atomic E-state index is 0.0999. The van der Waals surface area contributed by atoms with Crippen molar-refractivity contribution in [1.82, 2.24) is 0 Å². The zero-order valence-corrected chi connectivity index (χ0v) is 10.9. The first-order chi connectivity index (χ1) is 9.78. The number of hydrogen-bond acceptors (Lipinski definition) is 6. The van der Waals surface area contributed by atoms with Gasteiger partial charge in [-0.05, 0) is 24.3 Å². The third-order valence-electron chi connectivity index (χ3n) is 4.08. The Morgan fingerprint density at radius 3 is 2.85 bits per heavy atom. The van der Waals surface area contributed by atoms with Gasteiger partial charge in [-0.2, -0.15) is 0 Å². The summed E-state index contributed by atoms with van der Waals surface area (Å²) in [5.74, 6) is 0.686. The second kappa shape index (κ2) is 4.44. The van der Waals surface area contributed by atoms with E-state index >= 15 is 0 Å². The van der Waals surface area contributed by atoms with Gasteiger partial charge in [0.2, 0.25) is 0 Å². The maximum Gasteiger partial charge on any atom is 0.187 e. The molecule has 20 heavy (non-hydrogen) atoms. The van der Waals surface area contributed by atoms with Gasteiger partial charge in [-0.1, -0.05) is 5.16 Å². The molecule has 5 atom stereocenters. The average Bonchev–Trinajstić information content (AvgIpc) is 3.11. The number of aliphatic hydroxyl groups excluding tert-OH is 1. The molecule has 0 aromatic heterocycles. The first kappa shape index (κ1) is 12.1. The van der Waals surface area contributed by atoms with Gasteiger partial charge in [0.05, 0.1) is 31.5 Å². The van der Waals surface area contributed by atoms with Crippen LogP contribution in [0.1, 0.15) is 5.56 Å². The summed E-state index contributed by atoms with van der Waals surface area (Å²) in [6.45, 7) is 0.460. The van der Waals surface area contributed by atoms with Crippen LogP contribution in [0.3, 0.4) is 0 Å². The highest BCUT2D eigenvalue weighted by Crippen LogP contribution is 2.39. The second-order valence-corrected chi connectivity index (χ2v) is 5.17. The van der Waals surface area contributed by atoms with Crippen LogP contribution in [-0.2, 0) is 14.3 Å². The highest BCUT2D eigenvalue weighted by molar-refractivity contribution is 6.03. The number of rotatable bonds is 2. The summed E-state index contributed by atoms with van der Waals surface area (Å²) in [5, 5.41) is 14.3. The third-order valence-corrected chi connectivity index (χ3v) is 4.08. The SMILES string of the molecule is COc1ccc(C2=NO[C@H]3[C@H](O)[C@@H]4OC[C@@H](O4)[C@@H]23)cc1. The van der Waals surface area contributed by atoms with E-state index < -0.39 is 18.5 Å². The van der Waals surface area contributed by atoms with Crippen LogP contribution >= 0.6 is 0 Å². The number of oxime groups is 1. The van der Waals surface area contributed by atoms with Crippen molar-refractivity contribution in [1.29, 1.82) is 0 Å². The molecule has 1 N–H and O–H groups in total. The Hall–Kier alpha value is -1.63. The lowest BCUT2D eigenvalue weighted by Crippen LogP contribution is -2.51. The largest absolute Gasteiger partial charge is 0.497 e. The van der Waals surface area contributed by atoms with Crippen molar-refractivity contribution in [2.45, 2.75) is 24.6 Å². The molecule has 1 aromatic rings. The Kier molecular flexibility index (Phi) is 2.70. The van der Waals surface area contributed by atoms with Gasteiger partial charge in [0.15, 0.2) is 12.4 Å². The van der Waals surface area contributed by atoms with Gasteiger partial charge in [-0.3, -0.25) is 0 Å². The highest BCUT2D eigenvalue weighted by Gasteiger charge is 2.56. The predicted molar refractivity (Wildman–Crippen MR) is 68.5 cm³/mol. The van der Waals surface area contributed by atoms with Crippen LogP contribution in [0, 0.1) is 5.92 Å². The van der Waals surface area contributed by atoms with Crippen LogP contribution in [0.15, 0.2) is 29.4 Å². The molecule has 1 aromatic carbocycles. The number of benzene rings is 1. The summed E-state index contributed by atoms with van der Waals surface area (Å²) in [6, 6.07) is 7.61. The lowest BCUT2D eigenvalue weighted by molar-refractivity contribution is -0.207. The van der Waals surface area contributed by atoms with E-state index in [0.29, 0.717) is 6.61 Å². The molecule has 0 aliphatic carbocycles. The van der Waals surface area contributed by atoms with Crippen molar-refractivity contribution >= 4 is 5.71 Å². The number of methoxy groups -OCH3 is 1. The van der Waals surface area contributed by atoms with E-state index in [2.05, 4.69) is 5.16 Å². The molecule has 0 radical (unpaired) electrons. The summed E-state index contributed by atoms with van der Waals surface area (Å²) in [7, 11) is 1.63. The Morgan fingerprint density at radius 1 is 1.30 bits per heavy atom. The molecular formula is C14H15NO5. The molecule has 2 bridgehead atoms. The zero-order chi connectivity index (χ0) is 13.7. The molecule has 106 valence electrons. The third kappa shape index (κ3) is 1.65. The van der Waals surface area contributed by atoms with Gasteiger partial charge in [0.25, 0.3) is 0 Å².